The van der Waals surface area contributed by atoms with Crippen LogP contribution in [0.4, 0.5) is 5.69 Å². The number of nitroso groups, excluding NO2 is 1. The van der Waals surface area contributed by atoms with E-state index < -0.39 is 0 Å². The molecule has 0 radical (unpaired) electrons. The molecule has 0 spiro atoms. The Morgan fingerprint density at radius 1 is 1.25 bits per heavy atom. The molecule has 0 aliphatic rings. The van der Waals surface area contributed by atoms with Gasteiger partial charge in [0.1, 0.15) is 17.5 Å². The summed E-state index contributed by atoms with van der Waals surface area (Å²) in [6.07, 6.45) is 0. The molecule has 2 aromatic carbocycles. The molecule has 1 aromatic heterocycles. The molecule has 0 unspecified atom stereocenters. The van der Waals surface area contributed by atoms with Crippen molar-refractivity contribution in [1.82, 2.24) is 4.57 Å². The fourth-order valence-electron chi connectivity index (χ4n) is 3.13. The number of aromatic nitrogens is 1. The first-order valence-corrected chi connectivity index (χ1v) is 7.69. The smallest absolute Gasteiger partial charge is 0.123 e. The summed E-state index contributed by atoms with van der Waals surface area (Å²) in [7, 11) is 1.64. The van der Waals surface area contributed by atoms with Gasteiger partial charge in [-0.3, -0.25) is 0 Å². The van der Waals surface area contributed by atoms with Gasteiger partial charge in [0.25, 0.3) is 0 Å². The van der Waals surface area contributed by atoms with Crippen molar-refractivity contribution >= 4 is 16.6 Å². The Bertz CT molecular complexity index is 963. The first kappa shape index (κ1) is 15.8. The average molecular weight is 319 g/mol. The summed E-state index contributed by atoms with van der Waals surface area (Å²) in [6.45, 7) is 4.72. The fraction of sp³-hybridized carbons (Fsp3) is 0.211. The summed E-state index contributed by atoms with van der Waals surface area (Å²) in [6, 6.07) is 13.3. The monoisotopic (exact) mass is 319 g/mol. The number of hydrogen-bond acceptors (Lipinski definition) is 4. The van der Waals surface area contributed by atoms with E-state index in [4.69, 9.17) is 4.74 Å². The highest BCUT2D eigenvalue weighted by Crippen LogP contribution is 2.37. The van der Waals surface area contributed by atoms with Gasteiger partial charge >= 0.3 is 0 Å². The predicted octanol–water partition coefficient (Wildman–Crippen LogP) is 4.91. The number of rotatable bonds is 4. The van der Waals surface area contributed by atoms with Crippen molar-refractivity contribution in [2.24, 2.45) is 5.18 Å². The molecule has 3 rings (SSSR count). The molecule has 0 aliphatic carbocycles. The van der Waals surface area contributed by atoms with Crippen LogP contribution in [0.1, 0.15) is 18.1 Å². The third kappa shape index (κ3) is 2.33. The molecule has 0 fully saturated rings. The fourth-order valence-corrected chi connectivity index (χ4v) is 3.13. The van der Waals surface area contributed by atoms with Crippen molar-refractivity contribution in [3.05, 3.63) is 52.4 Å². The lowest BCUT2D eigenvalue weighted by atomic mass is 10.0. The number of aryl methyl sites for hydroxylation is 2. The maximum atomic E-state index is 10.6. The molecule has 0 amide bonds. The van der Waals surface area contributed by atoms with Crippen LogP contribution < -0.4 is 4.74 Å². The zero-order valence-electron chi connectivity index (χ0n) is 13.8. The summed E-state index contributed by atoms with van der Waals surface area (Å²) in [5, 5.41) is 13.6. The molecule has 5 heteroatoms. The third-order valence-corrected chi connectivity index (χ3v) is 4.25. The van der Waals surface area contributed by atoms with E-state index in [2.05, 4.69) is 15.8 Å². The summed E-state index contributed by atoms with van der Waals surface area (Å²) < 4.78 is 7.52. The predicted molar refractivity (Wildman–Crippen MR) is 94.5 cm³/mol. The van der Waals surface area contributed by atoms with Crippen molar-refractivity contribution in [1.29, 1.82) is 5.26 Å². The van der Waals surface area contributed by atoms with Gasteiger partial charge in [0.2, 0.25) is 0 Å². The summed E-state index contributed by atoms with van der Waals surface area (Å²) in [4.78, 5) is 10.6. The van der Waals surface area contributed by atoms with Crippen LogP contribution >= 0.6 is 0 Å². The van der Waals surface area contributed by atoms with Gasteiger partial charge in [-0.1, -0.05) is 12.1 Å². The summed E-state index contributed by atoms with van der Waals surface area (Å²) in [5.74, 6) is 0.797. The first-order valence-electron chi connectivity index (χ1n) is 7.69. The van der Waals surface area contributed by atoms with Crippen molar-refractivity contribution in [2.75, 3.05) is 7.11 Å². The van der Waals surface area contributed by atoms with E-state index in [1.165, 1.54) is 0 Å². The van der Waals surface area contributed by atoms with E-state index in [-0.39, 0.29) is 0 Å². The quantitative estimate of drug-likeness (QED) is 0.641. The van der Waals surface area contributed by atoms with Crippen molar-refractivity contribution in [2.45, 2.75) is 20.4 Å². The minimum Gasteiger partial charge on any atom is -0.496 e. The Kier molecular flexibility index (Phi) is 4.05. The molecule has 0 saturated heterocycles. The Balaban J connectivity index is 2.37. The SMILES string of the molecule is CCn1c(-c2ccc(N=O)cc2)c(C#N)c2cc(C)c(OC)cc21. The Labute approximate surface area is 140 Å². The van der Waals surface area contributed by atoms with Gasteiger partial charge in [0.15, 0.2) is 0 Å². The van der Waals surface area contributed by atoms with E-state index in [9.17, 15) is 10.2 Å². The normalized spacial score (nSPS) is 10.6. The molecule has 3 aromatic rings. The molecule has 0 N–H and O–H groups in total. The zero-order valence-corrected chi connectivity index (χ0v) is 13.8. The van der Waals surface area contributed by atoms with Crippen LogP contribution in [0, 0.1) is 23.2 Å². The van der Waals surface area contributed by atoms with E-state index in [0.29, 0.717) is 17.8 Å². The van der Waals surface area contributed by atoms with Gasteiger partial charge in [-0.15, -0.1) is 4.91 Å². The standard InChI is InChI=1S/C19H17N3O2/c1-4-22-17-10-18(24-3)12(2)9-15(17)16(11-20)19(22)13-5-7-14(21-23)8-6-13/h5-10H,4H2,1-3H3. The van der Waals surface area contributed by atoms with Gasteiger partial charge in [-0.05, 0) is 48.4 Å². The zero-order chi connectivity index (χ0) is 17.3. The van der Waals surface area contributed by atoms with Crippen LogP contribution in [0.5, 0.6) is 5.75 Å². The number of hydrogen-bond donors (Lipinski definition) is 0. The highest BCUT2D eigenvalue weighted by atomic mass is 16.5. The maximum absolute atomic E-state index is 10.6. The Morgan fingerprint density at radius 2 is 1.96 bits per heavy atom. The van der Waals surface area contributed by atoms with E-state index in [1.807, 2.05) is 38.1 Å². The number of nitrogens with zero attached hydrogens (tertiary/aromatic N) is 3. The van der Waals surface area contributed by atoms with E-state index >= 15 is 0 Å². The largest absolute Gasteiger partial charge is 0.496 e. The molecule has 120 valence electrons. The second-order valence-electron chi connectivity index (χ2n) is 5.56. The van der Waals surface area contributed by atoms with Crippen molar-refractivity contribution in [3.8, 4) is 23.1 Å². The number of ether oxygens (including phenoxy) is 1. The highest BCUT2D eigenvalue weighted by molar-refractivity contribution is 5.96. The second-order valence-corrected chi connectivity index (χ2v) is 5.56. The van der Waals surface area contributed by atoms with Crippen LogP contribution in [0.3, 0.4) is 0 Å². The van der Waals surface area contributed by atoms with Crippen LogP contribution in [0.15, 0.2) is 41.6 Å². The Morgan fingerprint density at radius 3 is 2.50 bits per heavy atom. The van der Waals surface area contributed by atoms with E-state index in [1.54, 1.807) is 19.2 Å². The first-order chi connectivity index (χ1) is 11.6. The number of nitriles is 1. The number of fused-ring (bicyclic) bond motifs is 1. The average Bonchev–Trinajstić information content (AvgIpc) is 2.93. The van der Waals surface area contributed by atoms with Gasteiger partial charge in [0, 0.05) is 18.0 Å². The van der Waals surface area contributed by atoms with Crippen LogP contribution in [-0.2, 0) is 6.54 Å². The van der Waals surface area contributed by atoms with Crippen LogP contribution in [0.2, 0.25) is 0 Å². The summed E-state index contributed by atoms with van der Waals surface area (Å²) in [5.41, 5.74) is 4.68. The molecule has 0 bridgehead atoms. The van der Waals surface area contributed by atoms with E-state index in [0.717, 1.165) is 33.5 Å². The lowest BCUT2D eigenvalue weighted by Gasteiger charge is -2.10. The van der Waals surface area contributed by atoms with Crippen LogP contribution in [-0.4, -0.2) is 11.7 Å². The maximum Gasteiger partial charge on any atom is 0.123 e. The van der Waals surface area contributed by atoms with Gasteiger partial charge in [-0.2, -0.15) is 5.26 Å². The minimum atomic E-state index is 0.369. The lowest BCUT2D eigenvalue weighted by Crippen LogP contribution is -1.98. The second kappa shape index (κ2) is 6.17. The molecule has 1 heterocycles. The van der Waals surface area contributed by atoms with Crippen LogP contribution in [0.25, 0.3) is 22.2 Å². The van der Waals surface area contributed by atoms with Gasteiger partial charge in [-0.25, -0.2) is 0 Å². The van der Waals surface area contributed by atoms with Gasteiger partial charge < -0.3 is 9.30 Å². The molecule has 24 heavy (non-hydrogen) atoms. The third-order valence-electron chi connectivity index (χ3n) is 4.25. The summed E-state index contributed by atoms with van der Waals surface area (Å²) >= 11 is 0. The lowest BCUT2D eigenvalue weighted by molar-refractivity contribution is 0.412. The highest BCUT2D eigenvalue weighted by Gasteiger charge is 2.19. The number of methoxy groups -OCH3 is 1. The topological polar surface area (TPSA) is 67.4 Å². The minimum absolute atomic E-state index is 0.369. The molecule has 0 atom stereocenters. The Hall–Kier alpha value is -3.13. The molecule has 0 aliphatic heterocycles. The van der Waals surface area contributed by atoms with Gasteiger partial charge in [0.05, 0.1) is 23.9 Å². The molecular formula is C19H17N3O2. The van der Waals surface area contributed by atoms with Crippen molar-refractivity contribution < 1.29 is 4.74 Å². The molecule has 5 nitrogen and oxygen atoms in total. The number of benzene rings is 2. The van der Waals surface area contributed by atoms with Crippen molar-refractivity contribution in [3.63, 3.8) is 0 Å². The molecule has 0 saturated carbocycles. The molecular weight excluding hydrogens is 302 g/mol.